The molecule has 6 heteroatoms. The number of nitriles is 1. The van der Waals surface area contributed by atoms with Gasteiger partial charge in [0.25, 0.3) is 0 Å². The van der Waals surface area contributed by atoms with Crippen LogP contribution >= 0.6 is 0 Å². The first-order valence-corrected chi connectivity index (χ1v) is 13.8. The zero-order valence-electron chi connectivity index (χ0n) is 22.3. The first kappa shape index (κ1) is 26.1. The van der Waals surface area contributed by atoms with E-state index < -0.39 is 0 Å². The fraction of sp³-hybridized carbons (Fsp3) is 0.406. The normalized spacial score (nSPS) is 18.3. The summed E-state index contributed by atoms with van der Waals surface area (Å²) in [6.45, 7) is 8.15. The Labute approximate surface area is 226 Å². The Morgan fingerprint density at radius 3 is 2.24 bits per heavy atom. The molecule has 2 fully saturated rings. The van der Waals surface area contributed by atoms with E-state index in [0.717, 1.165) is 82.1 Å². The number of ether oxygens (including phenoxy) is 1. The highest BCUT2D eigenvalue weighted by molar-refractivity contribution is 5.98. The Hall–Kier alpha value is -3.53. The zero-order chi connectivity index (χ0) is 26.2. The van der Waals surface area contributed by atoms with Crippen molar-refractivity contribution < 1.29 is 4.74 Å². The fourth-order valence-corrected chi connectivity index (χ4v) is 5.37. The first-order chi connectivity index (χ1) is 18.6. The molecule has 0 saturated carbocycles. The number of piperidine rings is 2. The predicted octanol–water partition coefficient (Wildman–Crippen LogP) is 5.47. The first-order valence-electron chi connectivity index (χ1n) is 13.8. The van der Waals surface area contributed by atoms with E-state index in [1.54, 1.807) is 0 Å². The minimum atomic E-state index is 0.254. The quantitative estimate of drug-likeness (QED) is 0.378. The molecule has 2 aliphatic rings. The van der Waals surface area contributed by atoms with Crippen molar-refractivity contribution >= 4 is 5.71 Å². The van der Waals surface area contributed by atoms with Crippen LogP contribution in [0, 0.1) is 11.3 Å². The smallest absolute Gasteiger partial charge is 0.119 e. The van der Waals surface area contributed by atoms with Gasteiger partial charge in [0.15, 0.2) is 0 Å². The second-order valence-electron chi connectivity index (χ2n) is 10.5. The fourth-order valence-electron chi connectivity index (χ4n) is 5.37. The zero-order valence-corrected chi connectivity index (χ0v) is 22.3. The van der Waals surface area contributed by atoms with Gasteiger partial charge in [-0.25, -0.2) is 0 Å². The summed E-state index contributed by atoms with van der Waals surface area (Å²) in [6, 6.07) is 25.1. The third-order valence-electron chi connectivity index (χ3n) is 7.64. The number of aliphatic imine (C=N–C) groups is 1. The van der Waals surface area contributed by atoms with Crippen LogP contribution in [0.4, 0.5) is 0 Å². The summed E-state index contributed by atoms with van der Waals surface area (Å²) in [5.74, 6) is 0.940. The Morgan fingerprint density at radius 1 is 0.895 bits per heavy atom. The van der Waals surface area contributed by atoms with Gasteiger partial charge >= 0.3 is 0 Å². The summed E-state index contributed by atoms with van der Waals surface area (Å²) in [5, 5.41) is 8.97. The van der Waals surface area contributed by atoms with Crippen molar-refractivity contribution in [2.24, 2.45) is 4.99 Å². The second-order valence-corrected chi connectivity index (χ2v) is 10.5. The molecular formula is C32H37N5O. The molecule has 2 saturated heterocycles. The van der Waals surface area contributed by atoms with E-state index >= 15 is 0 Å². The topological polar surface area (TPSA) is 64.8 Å². The van der Waals surface area contributed by atoms with E-state index in [4.69, 9.17) is 15.0 Å². The number of nitrogens with zero attached hydrogens (tertiary/aromatic N) is 5. The van der Waals surface area contributed by atoms with Crippen LogP contribution in [-0.2, 0) is 13.1 Å². The number of hydrogen-bond acceptors (Lipinski definition) is 6. The van der Waals surface area contributed by atoms with Crippen LogP contribution < -0.4 is 4.74 Å². The van der Waals surface area contributed by atoms with E-state index in [9.17, 15) is 0 Å². The van der Waals surface area contributed by atoms with Crippen molar-refractivity contribution in [1.82, 2.24) is 14.8 Å². The van der Waals surface area contributed by atoms with Crippen molar-refractivity contribution in [2.45, 2.75) is 57.8 Å². The van der Waals surface area contributed by atoms with Gasteiger partial charge in [-0.15, -0.1) is 0 Å². The van der Waals surface area contributed by atoms with Gasteiger partial charge in [0.05, 0.1) is 23.4 Å². The summed E-state index contributed by atoms with van der Waals surface area (Å²) < 4.78 is 6.32. The van der Waals surface area contributed by atoms with Crippen LogP contribution in [0.25, 0.3) is 0 Å². The average molecular weight is 508 g/mol. The Kier molecular flexibility index (Phi) is 8.80. The number of rotatable bonds is 8. The minimum absolute atomic E-state index is 0.254. The Balaban J connectivity index is 1.05. The van der Waals surface area contributed by atoms with Gasteiger partial charge in [0, 0.05) is 51.2 Å². The van der Waals surface area contributed by atoms with Crippen molar-refractivity contribution in [1.29, 1.82) is 5.26 Å². The minimum Gasteiger partial charge on any atom is -0.490 e. The third-order valence-corrected chi connectivity index (χ3v) is 7.64. The van der Waals surface area contributed by atoms with Gasteiger partial charge in [-0.3, -0.25) is 19.8 Å². The number of aromatic nitrogens is 1. The van der Waals surface area contributed by atoms with Crippen LogP contribution in [0.15, 0.2) is 77.9 Å². The third kappa shape index (κ3) is 7.28. The maximum absolute atomic E-state index is 8.97. The highest BCUT2D eigenvalue weighted by atomic mass is 16.5. The standard InChI is InChI=1S/C32H37N5O/c1-25(35-29-13-18-37(19-14-29)24-30-4-2-3-17-34-30)28-9-11-31(12-10-28)38-32-15-20-36(21-16-32)23-27-7-5-26(22-33)6-8-27/h2-12,17,29,32H,13-16,18-21,23-24H2,1H3. The van der Waals surface area contributed by atoms with Gasteiger partial charge in [0.2, 0.25) is 0 Å². The molecule has 0 radical (unpaired) electrons. The molecule has 3 aromatic rings. The monoisotopic (exact) mass is 507 g/mol. The lowest BCUT2D eigenvalue weighted by Crippen LogP contribution is -2.37. The highest BCUT2D eigenvalue weighted by Crippen LogP contribution is 2.22. The maximum atomic E-state index is 8.97. The van der Waals surface area contributed by atoms with E-state index in [2.05, 4.69) is 76.3 Å². The molecule has 196 valence electrons. The lowest BCUT2D eigenvalue weighted by atomic mass is 10.0. The van der Waals surface area contributed by atoms with Gasteiger partial charge in [-0.05, 0) is 92.3 Å². The molecule has 2 aliphatic heterocycles. The summed E-state index contributed by atoms with van der Waals surface area (Å²) in [5.41, 5.74) is 5.39. The molecule has 0 unspecified atom stereocenters. The van der Waals surface area contributed by atoms with Gasteiger partial charge < -0.3 is 4.74 Å². The van der Waals surface area contributed by atoms with Crippen LogP contribution in [0.5, 0.6) is 5.75 Å². The van der Waals surface area contributed by atoms with E-state index in [1.165, 1.54) is 11.1 Å². The molecule has 6 nitrogen and oxygen atoms in total. The van der Waals surface area contributed by atoms with Gasteiger partial charge in [0.1, 0.15) is 11.9 Å². The predicted molar refractivity (Wildman–Crippen MR) is 151 cm³/mol. The largest absolute Gasteiger partial charge is 0.490 e. The Bertz CT molecular complexity index is 1220. The SMILES string of the molecule is CC(=NC1CCN(Cc2ccccn2)CC1)c1ccc(OC2CCN(Cc3ccc(C#N)cc3)CC2)cc1. The lowest BCUT2D eigenvalue weighted by molar-refractivity contribution is 0.0968. The Morgan fingerprint density at radius 2 is 1.58 bits per heavy atom. The summed E-state index contributed by atoms with van der Waals surface area (Å²) in [7, 11) is 0. The molecule has 5 rings (SSSR count). The van der Waals surface area contributed by atoms with Crippen LogP contribution in [0.3, 0.4) is 0 Å². The molecular weight excluding hydrogens is 470 g/mol. The van der Waals surface area contributed by atoms with Crippen molar-refractivity contribution in [3.63, 3.8) is 0 Å². The van der Waals surface area contributed by atoms with Crippen molar-refractivity contribution in [3.8, 4) is 11.8 Å². The van der Waals surface area contributed by atoms with Crippen LogP contribution in [-0.4, -0.2) is 58.8 Å². The maximum Gasteiger partial charge on any atom is 0.119 e. The molecule has 0 bridgehead atoms. The van der Waals surface area contributed by atoms with Crippen molar-refractivity contribution in [3.05, 3.63) is 95.3 Å². The summed E-state index contributed by atoms with van der Waals surface area (Å²) in [6.07, 6.45) is 6.36. The number of pyridine rings is 1. The molecule has 38 heavy (non-hydrogen) atoms. The number of benzene rings is 2. The molecule has 3 heterocycles. The van der Waals surface area contributed by atoms with Gasteiger partial charge in [-0.1, -0.05) is 18.2 Å². The molecule has 0 N–H and O–H groups in total. The van der Waals surface area contributed by atoms with E-state index in [0.29, 0.717) is 11.6 Å². The highest BCUT2D eigenvalue weighted by Gasteiger charge is 2.21. The van der Waals surface area contributed by atoms with Crippen molar-refractivity contribution in [2.75, 3.05) is 26.2 Å². The van der Waals surface area contributed by atoms with Crippen LogP contribution in [0.2, 0.25) is 0 Å². The molecule has 0 spiro atoms. The lowest BCUT2D eigenvalue weighted by Gasteiger charge is -2.32. The summed E-state index contributed by atoms with van der Waals surface area (Å²) in [4.78, 5) is 14.5. The van der Waals surface area contributed by atoms with E-state index in [1.807, 2.05) is 24.4 Å². The van der Waals surface area contributed by atoms with E-state index in [-0.39, 0.29) is 6.10 Å². The number of likely N-dealkylation sites (tertiary alicyclic amines) is 2. The molecule has 0 atom stereocenters. The van der Waals surface area contributed by atoms with Crippen LogP contribution in [0.1, 0.15) is 55.0 Å². The van der Waals surface area contributed by atoms with Gasteiger partial charge in [-0.2, -0.15) is 5.26 Å². The second kappa shape index (κ2) is 12.8. The average Bonchev–Trinajstić information content (AvgIpc) is 2.96. The number of hydrogen-bond donors (Lipinski definition) is 0. The molecule has 1 aromatic heterocycles. The molecule has 2 aromatic carbocycles. The molecule has 0 aliphatic carbocycles. The summed E-state index contributed by atoms with van der Waals surface area (Å²) >= 11 is 0. The molecule has 0 amide bonds.